The molecular formula is C28H26P2. The normalized spacial score (nSPS) is 18.3. The van der Waals surface area contributed by atoms with Crippen molar-refractivity contribution in [3.8, 4) is 0 Å². The van der Waals surface area contributed by atoms with Gasteiger partial charge in [0.15, 0.2) is 0 Å². The van der Waals surface area contributed by atoms with E-state index in [1.165, 1.54) is 34.1 Å². The molecule has 0 saturated heterocycles. The zero-order chi connectivity index (χ0) is 20.2. The number of rotatable bonds is 6. The molecule has 0 radical (unpaired) electrons. The molecule has 2 heteroatoms. The second-order valence-electron chi connectivity index (χ2n) is 7.79. The first kappa shape index (κ1) is 19.7. The van der Waals surface area contributed by atoms with E-state index in [1.54, 1.807) is 0 Å². The van der Waals surface area contributed by atoms with Gasteiger partial charge in [0.05, 0.1) is 0 Å². The number of benzene rings is 4. The van der Waals surface area contributed by atoms with Gasteiger partial charge >= 0.3 is 0 Å². The largest absolute Gasteiger partial charge is 0.0622 e. The Hall–Kier alpha value is -2.26. The van der Waals surface area contributed by atoms with E-state index < -0.39 is 0 Å². The third-order valence-corrected chi connectivity index (χ3v) is 12.2. The molecule has 0 spiro atoms. The Morgan fingerprint density at radius 1 is 0.367 bits per heavy atom. The van der Waals surface area contributed by atoms with Crippen LogP contribution in [0.25, 0.3) is 0 Å². The van der Waals surface area contributed by atoms with Gasteiger partial charge in [0, 0.05) is 0 Å². The highest BCUT2D eigenvalue weighted by Gasteiger charge is 2.43. The Labute approximate surface area is 182 Å². The van der Waals surface area contributed by atoms with E-state index >= 15 is 0 Å². The Kier molecular flexibility index (Phi) is 6.08. The van der Waals surface area contributed by atoms with Crippen LogP contribution in [0, 0.1) is 0 Å². The smallest absolute Gasteiger partial charge is 0.00549 e. The van der Waals surface area contributed by atoms with Crippen molar-refractivity contribution in [2.24, 2.45) is 0 Å². The summed E-state index contributed by atoms with van der Waals surface area (Å²) < 4.78 is 0. The second-order valence-corrected chi connectivity index (χ2v) is 12.7. The number of hydrogen-bond acceptors (Lipinski definition) is 0. The molecule has 30 heavy (non-hydrogen) atoms. The fourth-order valence-corrected chi connectivity index (χ4v) is 11.2. The summed E-state index contributed by atoms with van der Waals surface area (Å²) in [7, 11) is -0.723. The Morgan fingerprint density at radius 3 is 0.800 bits per heavy atom. The lowest BCUT2D eigenvalue weighted by molar-refractivity contribution is 0.530. The average Bonchev–Trinajstić information content (AvgIpc) is 2.82. The van der Waals surface area contributed by atoms with Crippen molar-refractivity contribution in [2.45, 2.75) is 24.2 Å². The van der Waals surface area contributed by atoms with Gasteiger partial charge < -0.3 is 0 Å². The van der Waals surface area contributed by atoms with Gasteiger partial charge in [-0.25, -0.2) is 0 Å². The van der Waals surface area contributed by atoms with E-state index in [0.717, 1.165) is 11.3 Å². The molecule has 0 bridgehead atoms. The van der Waals surface area contributed by atoms with Gasteiger partial charge in [0.2, 0.25) is 0 Å². The third kappa shape index (κ3) is 4.00. The van der Waals surface area contributed by atoms with Crippen molar-refractivity contribution < 1.29 is 0 Å². The first-order valence-corrected chi connectivity index (χ1v) is 13.5. The summed E-state index contributed by atoms with van der Waals surface area (Å²) in [6, 6.07) is 45.0. The molecule has 2 unspecified atom stereocenters. The molecule has 0 amide bonds. The Morgan fingerprint density at radius 2 is 0.600 bits per heavy atom. The maximum absolute atomic E-state index is 2.35. The van der Waals surface area contributed by atoms with Crippen molar-refractivity contribution in [1.82, 2.24) is 0 Å². The lowest BCUT2D eigenvalue weighted by Crippen LogP contribution is -2.42. The monoisotopic (exact) mass is 424 g/mol. The van der Waals surface area contributed by atoms with E-state index in [1.807, 2.05) is 0 Å². The van der Waals surface area contributed by atoms with Gasteiger partial charge in [-0.15, -0.1) is 0 Å². The molecule has 0 aromatic heterocycles. The van der Waals surface area contributed by atoms with Crippen LogP contribution < -0.4 is 21.2 Å². The quantitative estimate of drug-likeness (QED) is 0.344. The van der Waals surface area contributed by atoms with Crippen LogP contribution in [-0.2, 0) is 0 Å². The van der Waals surface area contributed by atoms with Crippen molar-refractivity contribution in [1.29, 1.82) is 0 Å². The minimum atomic E-state index is -0.362. The molecule has 5 rings (SSSR count). The molecule has 2 atom stereocenters. The zero-order valence-corrected chi connectivity index (χ0v) is 18.8. The van der Waals surface area contributed by atoms with Crippen molar-refractivity contribution in [3.05, 3.63) is 121 Å². The summed E-state index contributed by atoms with van der Waals surface area (Å²) in [5.41, 5.74) is 1.47. The van der Waals surface area contributed by atoms with E-state index in [0.29, 0.717) is 0 Å². The summed E-state index contributed by atoms with van der Waals surface area (Å²) in [5.74, 6) is 0. The highest BCUT2D eigenvalue weighted by Crippen LogP contribution is 2.59. The van der Waals surface area contributed by atoms with Gasteiger partial charge in [-0.1, -0.05) is 121 Å². The summed E-state index contributed by atoms with van der Waals surface area (Å²) in [5, 5.41) is 6.07. The molecule has 1 saturated carbocycles. The van der Waals surface area contributed by atoms with Crippen molar-refractivity contribution in [3.63, 3.8) is 0 Å². The predicted molar refractivity (Wildman–Crippen MR) is 135 cm³/mol. The van der Waals surface area contributed by atoms with Gasteiger partial charge in [0.1, 0.15) is 0 Å². The molecule has 4 aromatic carbocycles. The summed E-state index contributed by atoms with van der Waals surface area (Å²) >= 11 is 0. The molecule has 0 nitrogen and oxygen atoms in total. The Bertz CT molecular complexity index is 881. The summed E-state index contributed by atoms with van der Waals surface area (Å²) in [6.07, 6.45) is 2.66. The van der Waals surface area contributed by atoms with Crippen LogP contribution in [0.1, 0.15) is 12.8 Å². The molecular weight excluding hydrogens is 398 g/mol. The highest BCUT2D eigenvalue weighted by atomic mass is 31.1. The number of hydrogen-bond donors (Lipinski definition) is 0. The van der Waals surface area contributed by atoms with Crippen molar-refractivity contribution >= 4 is 37.1 Å². The molecule has 1 aliphatic carbocycles. The van der Waals surface area contributed by atoms with Crippen LogP contribution in [-0.4, -0.2) is 11.3 Å². The predicted octanol–water partition coefficient (Wildman–Crippen LogP) is 5.78. The molecule has 148 valence electrons. The van der Waals surface area contributed by atoms with Crippen molar-refractivity contribution in [2.75, 3.05) is 0 Å². The maximum Gasteiger partial charge on any atom is -0.00549 e. The molecule has 1 fully saturated rings. The van der Waals surface area contributed by atoms with E-state index in [2.05, 4.69) is 121 Å². The molecule has 0 heterocycles. The minimum Gasteiger partial charge on any atom is -0.0622 e. The van der Waals surface area contributed by atoms with E-state index in [9.17, 15) is 0 Å². The van der Waals surface area contributed by atoms with Crippen LogP contribution in [0.15, 0.2) is 121 Å². The zero-order valence-electron chi connectivity index (χ0n) is 17.0. The lowest BCUT2D eigenvalue weighted by atomic mass is 9.99. The fourth-order valence-electron chi connectivity index (χ4n) is 4.49. The first-order chi connectivity index (χ1) is 14.9. The topological polar surface area (TPSA) is 0 Å². The fraction of sp³-hybridized carbons (Fsp3) is 0.143. The molecule has 0 N–H and O–H groups in total. The highest BCUT2D eigenvalue weighted by molar-refractivity contribution is 7.77. The van der Waals surface area contributed by atoms with Crippen LogP contribution in [0.4, 0.5) is 0 Å². The summed E-state index contributed by atoms with van der Waals surface area (Å²) in [6.45, 7) is 0. The van der Waals surface area contributed by atoms with Gasteiger partial charge in [-0.3, -0.25) is 0 Å². The van der Waals surface area contributed by atoms with E-state index in [-0.39, 0.29) is 15.8 Å². The second kappa shape index (κ2) is 9.26. The van der Waals surface area contributed by atoms with Crippen LogP contribution >= 0.6 is 15.8 Å². The average molecular weight is 424 g/mol. The maximum atomic E-state index is 2.35. The minimum absolute atomic E-state index is 0.362. The first-order valence-electron chi connectivity index (χ1n) is 10.7. The Balaban J connectivity index is 1.56. The van der Waals surface area contributed by atoms with Gasteiger partial charge in [-0.05, 0) is 61.2 Å². The molecule has 4 aromatic rings. The SMILES string of the molecule is c1ccc(P(c2ccccc2)C2CCC2P(c2ccccc2)c2ccccc2)cc1. The summed E-state index contributed by atoms with van der Waals surface area (Å²) in [4.78, 5) is 0. The van der Waals surface area contributed by atoms with Crippen LogP contribution in [0.5, 0.6) is 0 Å². The van der Waals surface area contributed by atoms with Gasteiger partial charge in [-0.2, -0.15) is 0 Å². The molecule has 1 aliphatic rings. The molecule has 0 aliphatic heterocycles. The van der Waals surface area contributed by atoms with Crippen LogP contribution in [0.3, 0.4) is 0 Å². The standard InChI is InChI=1S/C28H26P2/c1-5-13-23(14-6-1)29(24-15-7-2-8-16-24)27-21-22-28(27)30(25-17-9-3-10-18-25)26-19-11-4-12-20-26/h1-20,27-28H,21-22H2. The lowest BCUT2D eigenvalue weighted by Gasteiger charge is -2.47. The third-order valence-electron chi connectivity index (χ3n) is 6.00. The van der Waals surface area contributed by atoms with Gasteiger partial charge in [0.25, 0.3) is 0 Å². The van der Waals surface area contributed by atoms with E-state index in [4.69, 9.17) is 0 Å². The van der Waals surface area contributed by atoms with Crippen LogP contribution in [0.2, 0.25) is 0 Å².